The molecule has 0 aromatic heterocycles. The molecule has 0 amide bonds. The van der Waals surface area contributed by atoms with Crippen molar-refractivity contribution in [3.8, 4) is 0 Å². The van der Waals surface area contributed by atoms with Crippen LogP contribution in [0, 0.1) is 0 Å². The van der Waals surface area contributed by atoms with Crippen LogP contribution < -0.4 is 0 Å². The summed E-state index contributed by atoms with van der Waals surface area (Å²) in [7, 11) is 0. The highest BCUT2D eigenvalue weighted by Gasteiger charge is 2.52. The molecule has 3 heteroatoms. The van der Waals surface area contributed by atoms with Crippen molar-refractivity contribution < 1.29 is 14.4 Å². The summed E-state index contributed by atoms with van der Waals surface area (Å²) in [5.74, 6) is -0.600. The number of nitrogens with zero attached hydrogens (tertiary/aromatic N) is 1. The molecule has 1 unspecified atom stereocenters. The van der Waals surface area contributed by atoms with Gasteiger partial charge in [0, 0.05) is 12.8 Å². The molecule has 0 aliphatic rings. The van der Waals surface area contributed by atoms with Gasteiger partial charge in [0.1, 0.15) is 0 Å². The number of unbranched alkanes of at least 4 members (excludes halogenated alkanes) is 3. The predicted molar refractivity (Wildman–Crippen MR) is 81.3 cm³/mol. The summed E-state index contributed by atoms with van der Waals surface area (Å²) in [5.41, 5.74) is -0.591. The van der Waals surface area contributed by atoms with Crippen LogP contribution in [0.25, 0.3) is 0 Å². The summed E-state index contributed by atoms with van der Waals surface area (Å²) < 4.78 is 0.713. The first kappa shape index (κ1) is 18.4. The van der Waals surface area contributed by atoms with Gasteiger partial charge in [-0.2, -0.15) is 0 Å². The van der Waals surface area contributed by atoms with Crippen molar-refractivity contribution in [3.05, 3.63) is 0 Å². The van der Waals surface area contributed by atoms with Crippen LogP contribution in [0.3, 0.4) is 0 Å². The van der Waals surface area contributed by atoms with Crippen LogP contribution in [0.1, 0.15) is 73.1 Å². The lowest BCUT2D eigenvalue weighted by atomic mass is 9.84. The smallest absolute Gasteiger partial charge is 0.365 e. The first-order valence-electron chi connectivity index (χ1n) is 8.09. The molecule has 19 heavy (non-hydrogen) atoms. The lowest BCUT2D eigenvalue weighted by molar-refractivity contribution is -0.963. The number of hydrogen-bond donors (Lipinski definition) is 1. The Kier molecular flexibility index (Phi) is 8.31. The molecule has 0 radical (unpaired) electrons. The Bertz CT molecular complexity index is 253. The molecule has 0 bridgehead atoms. The van der Waals surface area contributed by atoms with Crippen LogP contribution in [0.5, 0.6) is 0 Å². The van der Waals surface area contributed by atoms with Crippen LogP contribution in [0.2, 0.25) is 0 Å². The molecule has 0 heterocycles. The van der Waals surface area contributed by atoms with Crippen molar-refractivity contribution in [1.29, 1.82) is 0 Å². The van der Waals surface area contributed by atoms with E-state index in [9.17, 15) is 9.90 Å². The Hall–Kier alpha value is -0.570. The van der Waals surface area contributed by atoms with Gasteiger partial charge in [-0.15, -0.1) is 0 Å². The van der Waals surface area contributed by atoms with Crippen molar-refractivity contribution in [1.82, 2.24) is 0 Å². The highest BCUT2D eigenvalue weighted by atomic mass is 16.4. The number of carbonyl (C=O) groups is 1. The fourth-order valence-corrected chi connectivity index (χ4v) is 3.63. The summed E-state index contributed by atoms with van der Waals surface area (Å²) in [6.45, 7) is 13.3. The van der Waals surface area contributed by atoms with E-state index in [2.05, 4.69) is 27.7 Å². The molecule has 0 saturated carbocycles. The number of carboxylic acids is 1. The summed E-state index contributed by atoms with van der Waals surface area (Å²) in [5, 5.41) is 9.89. The zero-order valence-electron chi connectivity index (χ0n) is 13.7. The lowest BCUT2D eigenvalue weighted by Crippen LogP contribution is -2.67. The topological polar surface area (TPSA) is 37.3 Å². The van der Waals surface area contributed by atoms with Crippen molar-refractivity contribution in [2.75, 3.05) is 19.6 Å². The minimum atomic E-state index is -0.600. The zero-order valence-corrected chi connectivity index (χ0v) is 13.7. The number of likely N-dealkylation sites (N-methyl/N-ethyl adjacent to an activating group) is 1. The maximum atomic E-state index is 12.0. The van der Waals surface area contributed by atoms with E-state index in [-0.39, 0.29) is 0 Å². The van der Waals surface area contributed by atoms with Gasteiger partial charge in [0.25, 0.3) is 0 Å². The minimum Gasteiger partial charge on any atom is -0.477 e. The van der Waals surface area contributed by atoms with Gasteiger partial charge in [-0.05, 0) is 27.2 Å². The molecule has 1 N–H and O–H groups in total. The summed E-state index contributed by atoms with van der Waals surface area (Å²) in [4.78, 5) is 12.0. The Balaban J connectivity index is 5.19. The van der Waals surface area contributed by atoms with E-state index in [1.807, 2.05) is 6.92 Å². The largest absolute Gasteiger partial charge is 0.477 e. The average Bonchev–Trinajstić information content (AvgIpc) is 2.43. The molecular formula is C16H34NO2+. The third kappa shape index (κ3) is 3.71. The lowest BCUT2D eigenvalue weighted by Gasteiger charge is -2.49. The molecule has 0 aliphatic heterocycles. The van der Waals surface area contributed by atoms with Crippen LogP contribution >= 0.6 is 0 Å². The summed E-state index contributed by atoms with van der Waals surface area (Å²) >= 11 is 0. The van der Waals surface area contributed by atoms with Gasteiger partial charge in [-0.1, -0.05) is 33.1 Å². The maximum absolute atomic E-state index is 12.0. The van der Waals surface area contributed by atoms with Gasteiger partial charge < -0.3 is 9.59 Å². The number of quaternary nitrogens is 1. The second-order valence-electron chi connectivity index (χ2n) is 5.59. The standard InChI is InChI=1S/C16H33NO2/c1-6-11-12-13-14-16(7-2,15(18)19)17(8-3,9-4)10-5/h6-14H2,1-5H3/p+1. The third-order valence-electron chi connectivity index (χ3n) is 5.15. The second kappa shape index (κ2) is 8.57. The van der Waals surface area contributed by atoms with E-state index < -0.39 is 11.5 Å². The van der Waals surface area contributed by atoms with Crippen molar-refractivity contribution >= 4 is 5.97 Å². The zero-order chi connectivity index (χ0) is 14.9. The molecule has 0 aromatic rings. The quantitative estimate of drug-likeness (QED) is 0.455. The first-order chi connectivity index (χ1) is 9.00. The Morgan fingerprint density at radius 2 is 1.47 bits per heavy atom. The number of carboxylic acid groups (broad SMARTS) is 1. The molecule has 114 valence electrons. The Labute approximate surface area is 119 Å². The molecule has 0 saturated heterocycles. The second-order valence-corrected chi connectivity index (χ2v) is 5.59. The summed E-state index contributed by atoms with van der Waals surface area (Å²) in [6.07, 6.45) is 6.14. The molecule has 3 nitrogen and oxygen atoms in total. The normalized spacial score (nSPS) is 15.2. The van der Waals surface area contributed by atoms with E-state index in [0.29, 0.717) is 4.48 Å². The Morgan fingerprint density at radius 1 is 0.947 bits per heavy atom. The fourth-order valence-electron chi connectivity index (χ4n) is 3.63. The predicted octanol–water partition coefficient (Wildman–Crippen LogP) is 4.07. The SMILES string of the molecule is CCCCCCC(CC)(C(=O)O)[N+](CC)(CC)CC. The third-order valence-corrected chi connectivity index (χ3v) is 5.15. The molecule has 0 aliphatic carbocycles. The first-order valence-corrected chi connectivity index (χ1v) is 8.09. The van der Waals surface area contributed by atoms with E-state index in [1.54, 1.807) is 0 Å². The van der Waals surface area contributed by atoms with Crippen molar-refractivity contribution in [2.45, 2.75) is 78.7 Å². The number of rotatable bonds is 11. The van der Waals surface area contributed by atoms with Crippen LogP contribution in [0.15, 0.2) is 0 Å². The highest BCUT2D eigenvalue weighted by molar-refractivity contribution is 5.77. The number of hydrogen-bond acceptors (Lipinski definition) is 1. The van der Waals surface area contributed by atoms with E-state index in [4.69, 9.17) is 0 Å². The minimum absolute atomic E-state index is 0.591. The average molecular weight is 272 g/mol. The number of aliphatic carboxylic acids is 1. The molecule has 1 atom stereocenters. The van der Waals surface area contributed by atoms with Crippen molar-refractivity contribution in [2.24, 2.45) is 0 Å². The van der Waals surface area contributed by atoms with Gasteiger partial charge in [-0.25, -0.2) is 4.79 Å². The monoisotopic (exact) mass is 272 g/mol. The van der Waals surface area contributed by atoms with Crippen LogP contribution in [-0.4, -0.2) is 40.7 Å². The molecule has 0 spiro atoms. The van der Waals surface area contributed by atoms with E-state index >= 15 is 0 Å². The van der Waals surface area contributed by atoms with Crippen LogP contribution in [-0.2, 0) is 4.79 Å². The molecule has 0 aromatic carbocycles. The van der Waals surface area contributed by atoms with Crippen molar-refractivity contribution in [3.63, 3.8) is 0 Å². The van der Waals surface area contributed by atoms with Gasteiger partial charge in [-0.3, -0.25) is 0 Å². The van der Waals surface area contributed by atoms with Gasteiger partial charge in [0.15, 0.2) is 5.54 Å². The molecular weight excluding hydrogens is 238 g/mol. The van der Waals surface area contributed by atoms with Crippen LogP contribution in [0.4, 0.5) is 0 Å². The fraction of sp³-hybridized carbons (Fsp3) is 0.938. The van der Waals surface area contributed by atoms with Gasteiger partial charge in [0.2, 0.25) is 0 Å². The van der Waals surface area contributed by atoms with E-state index in [1.165, 1.54) is 12.8 Å². The van der Waals surface area contributed by atoms with E-state index in [0.717, 1.165) is 45.3 Å². The highest BCUT2D eigenvalue weighted by Crippen LogP contribution is 2.34. The Morgan fingerprint density at radius 3 is 1.79 bits per heavy atom. The van der Waals surface area contributed by atoms with Gasteiger partial charge in [0.05, 0.1) is 19.6 Å². The molecule has 0 rings (SSSR count). The summed E-state index contributed by atoms with van der Waals surface area (Å²) in [6, 6.07) is 0. The van der Waals surface area contributed by atoms with Gasteiger partial charge >= 0.3 is 5.97 Å². The molecule has 0 fully saturated rings. The maximum Gasteiger partial charge on any atom is 0.365 e.